The Morgan fingerprint density at radius 3 is 2.89 bits per heavy atom. The Kier molecular flexibility index (Phi) is 4.38. The summed E-state index contributed by atoms with van der Waals surface area (Å²) in [5.41, 5.74) is 1.24. The molecular formula is C15H17NO2. The van der Waals surface area contributed by atoms with E-state index in [0.29, 0.717) is 11.1 Å². The summed E-state index contributed by atoms with van der Waals surface area (Å²) in [4.78, 5) is 12.0. The molecule has 1 amide bonds. The number of nitrogens with one attached hydrogen (secondary N) is 1. The predicted molar refractivity (Wildman–Crippen MR) is 70.1 cm³/mol. The summed E-state index contributed by atoms with van der Waals surface area (Å²) < 4.78 is 0. The highest BCUT2D eigenvalue weighted by atomic mass is 16.2. The minimum atomic E-state index is -0.197. The van der Waals surface area contributed by atoms with E-state index in [1.165, 1.54) is 12.8 Å². The van der Waals surface area contributed by atoms with Gasteiger partial charge < -0.3 is 10.4 Å². The zero-order valence-corrected chi connectivity index (χ0v) is 10.3. The number of amides is 1. The van der Waals surface area contributed by atoms with Crippen molar-refractivity contribution in [3.8, 4) is 11.8 Å². The molecule has 0 spiro atoms. The van der Waals surface area contributed by atoms with E-state index in [9.17, 15) is 4.79 Å². The fraction of sp³-hybridized carbons (Fsp3) is 0.400. The van der Waals surface area contributed by atoms with E-state index in [1.807, 2.05) is 12.1 Å². The fourth-order valence-electron chi connectivity index (χ4n) is 1.82. The van der Waals surface area contributed by atoms with Crippen LogP contribution in [0.2, 0.25) is 0 Å². The second kappa shape index (κ2) is 6.23. The van der Waals surface area contributed by atoms with E-state index < -0.39 is 0 Å². The molecule has 3 nitrogen and oxygen atoms in total. The molecule has 0 heterocycles. The zero-order chi connectivity index (χ0) is 12.8. The minimum absolute atomic E-state index is 0.0847. The van der Waals surface area contributed by atoms with Crippen molar-refractivity contribution >= 4 is 5.91 Å². The Bertz CT molecular complexity index is 481. The maximum absolute atomic E-state index is 12.0. The van der Waals surface area contributed by atoms with Crippen LogP contribution in [0.25, 0.3) is 0 Å². The van der Waals surface area contributed by atoms with Gasteiger partial charge in [0.25, 0.3) is 5.91 Å². The van der Waals surface area contributed by atoms with Crippen LogP contribution in [0, 0.1) is 17.8 Å². The molecule has 1 aliphatic carbocycles. The van der Waals surface area contributed by atoms with E-state index in [-0.39, 0.29) is 12.5 Å². The summed E-state index contributed by atoms with van der Waals surface area (Å²) in [6.07, 6.45) is 3.67. The van der Waals surface area contributed by atoms with Gasteiger partial charge in [-0.2, -0.15) is 0 Å². The molecule has 0 atom stereocenters. The smallest absolute Gasteiger partial charge is 0.252 e. The van der Waals surface area contributed by atoms with Crippen LogP contribution in [0.3, 0.4) is 0 Å². The molecule has 1 aliphatic rings. The topological polar surface area (TPSA) is 49.3 Å². The van der Waals surface area contributed by atoms with Crippen molar-refractivity contribution < 1.29 is 9.90 Å². The molecule has 2 N–H and O–H groups in total. The molecule has 0 radical (unpaired) electrons. The molecule has 2 rings (SSSR count). The molecule has 1 aromatic carbocycles. The third-order valence-corrected chi connectivity index (χ3v) is 3.01. The van der Waals surface area contributed by atoms with Gasteiger partial charge in [0.1, 0.15) is 6.61 Å². The maximum atomic E-state index is 12.0. The van der Waals surface area contributed by atoms with Crippen LogP contribution in [0.15, 0.2) is 24.3 Å². The lowest BCUT2D eigenvalue weighted by Gasteiger charge is -2.06. The zero-order valence-electron chi connectivity index (χ0n) is 10.3. The lowest BCUT2D eigenvalue weighted by molar-refractivity contribution is 0.0952. The quantitative estimate of drug-likeness (QED) is 0.788. The third kappa shape index (κ3) is 3.61. The predicted octanol–water partition coefficient (Wildman–Crippen LogP) is 1.56. The normalized spacial score (nSPS) is 13.6. The lowest BCUT2D eigenvalue weighted by atomic mass is 10.1. The van der Waals surface area contributed by atoms with E-state index in [1.54, 1.807) is 12.1 Å². The highest BCUT2D eigenvalue weighted by Crippen LogP contribution is 2.31. The van der Waals surface area contributed by atoms with Gasteiger partial charge in [0.2, 0.25) is 0 Å². The van der Waals surface area contributed by atoms with Crippen molar-refractivity contribution in [3.05, 3.63) is 35.4 Å². The van der Waals surface area contributed by atoms with Crippen LogP contribution in [0.5, 0.6) is 0 Å². The van der Waals surface area contributed by atoms with E-state index in [0.717, 1.165) is 18.9 Å². The van der Waals surface area contributed by atoms with Crippen molar-refractivity contribution in [2.45, 2.75) is 19.3 Å². The number of hydrogen-bond donors (Lipinski definition) is 2. The van der Waals surface area contributed by atoms with Gasteiger partial charge in [0.15, 0.2) is 0 Å². The molecule has 0 aliphatic heterocycles. The summed E-state index contributed by atoms with van der Waals surface area (Å²) >= 11 is 0. The van der Waals surface area contributed by atoms with Gasteiger partial charge in [-0.15, -0.1) is 0 Å². The Hall–Kier alpha value is -1.79. The van der Waals surface area contributed by atoms with Gasteiger partial charge in [-0.05, 0) is 24.5 Å². The molecule has 0 aromatic heterocycles. The number of rotatable bonds is 4. The highest BCUT2D eigenvalue weighted by Gasteiger charge is 2.20. The lowest BCUT2D eigenvalue weighted by Crippen LogP contribution is -2.25. The summed E-state index contributed by atoms with van der Waals surface area (Å²) in [7, 11) is 0. The Balaban J connectivity index is 1.98. The first-order valence-electron chi connectivity index (χ1n) is 6.28. The number of hydrogen-bond acceptors (Lipinski definition) is 2. The summed E-state index contributed by atoms with van der Waals surface area (Å²) in [5, 5.41) is 11.6. The number of benzene rings is 1. The van der Waals surface area contributed by atoms with Crippen molar-refractivity contribution in [2.24, 2.45) is 5.92 Å². The van der Waals surface area contributed by atoms with Crippen molar-refractivity contribution in [1.82, 2.24) is 5.32 Å². The molecule has 0 saturated heterocycles. The number of carbonyl (C=O) groups is 1. The average Bonchev–Trinajstić information content (AvgIpc) is 3.20. The van der Waals surface area contributed by atoms with Gasteiger partial charge in [-0.25, -0.2) is 0 Å². The van der Waals surface area contributed by atoms with Crippen molar-refractivity contribution in [1.29, 1.82) is 0 Å². The molecule has 18 heavy (non-hydrogen) atoms. The van der Waals surface area contributed by atoms with Gasteiger partial charge in [0.05, 0.1) is 5.56 Å². The van der Waals surface area contributed by atoms with Crippen LogP contribution in [-0.4, -0.2) is 24.2 Å². The standard InChI is InChI=1S/C15H17NO2/c17-11-3-5-13-4-1-2-6-14(13)15(18)16-10-9-12-7-8-12/h1-2,4,6,12,17H,7-11H2,(H,16,18). The van der Waals surface area contributed by atoms with E-state index in [4.69, 9.17) is 5.11 Å². The molecule has 0 unspecified atom stereocenters. The monoisotopic (exact) mass is 243 g/mol. The number of carbonyl (C=O) groups excluding carboxylic acids is 1. The van der Waals surface area contributed by atoms with Crippen LogP contribution in [0.1, 0.15) is 35.2 Å². The Morgan fingerprint density at radius 1 is 1.39 bits per heavy atom. The van der Waals surface area contributed by atoms with Gasteiger partial charge in [-0.1, -0.05) is 36.8 Å². The second-order valence-corrected chi connectivity index (χ2v) is 4.49. The SMILES string of the molecule is O=C(NCCC1CC1)c1ccccc1C#CCO. The maximum Gasteiger partial charge on any atom is 0.252 e. The summed E-state index contributed by atoms with van der Waals surface area (Å²) in [6, 6.07) is 7.20. The Morgan fingerprint density at radius 2 is 2.17 bits per heavy atom. The molecule has 0 bridgehead atoms. The first-order chi connectivity index (χ1) is 8.81. The minimum Gasteiger partial charge on any atom is -0.384 e. The Labute approximate surface area is 107 Å². The molecular weight excluding hydrogens is 226 g/mol. The first-order valence-corrected chi connectivity index (χ1v) is 6.28. The molecule has 1 saturated carbocycles. The number of aliphatic hydroxyl groups is 1. The van der Waals surface area contributed by atoms with Crippen LogP contribution in [0.4, 0.5) is 0 Å². The second-order valence-electron chi connectivity index (χ2n) is 4.49. The van der Waals surface area contributed by atoms with Gasteiger partial charge >= 0.3 is 0 Å². The van der Waals surface area contributed by atoms with Crippen LogP contribution >= 0.6 is 0 Å². The van der Waals surface area contributed by atoms with Crippen LogP contribution < -0.4 is 5.32 Å². The molecule has 94 valence electrons. The van der Waals surface area contributed by atoms with Gasteiger partial charge in [-0.3, -0.25) is 4.79 Å². The number of aliphatic hydroxyl groups excluding tert-OH is 1. The highest BCUT2D eigenvalue weighted by molar-refractivity contribution is 5.96. The first kappa shape index (κ1) is 12.7. The molecule has 1 aromatic rings. The van der Waals surface area contributed by atoms with E-state index >= 15 is 0 Å². The van der Waals surface area contributed by atoms with Crippen LogP contribution in [-0.2, 0) is 0 Å². The summed E-state index contributed by atoms with van der Waals surface area (Å²) in [5.74, 6) is 6.09. The molecule has 3 heteroatoms. The third-order valence-electron chi connectivity index (χ3n) is 3.01. The fourth-order valence-corrected chi connectivity index (χ4v) is 1.82. The van der Waals surface area contributed by atoms with Gasteiger partial charge in [0, 0.05) is 12.1 Å². The molecule has 1 fully saturated rings. The average molecular weight is 243 g/mol. The van der Waals surface area contributed by atoms with Crippen molar-refractivity contribution in [2.75, 3.05) is 13.2 Å². The van der Waals surface area contributed by atoms with Crippen molar-refractivity contribution in [3.63, 3.8) is 0 Å². The largest absolute Gasteiger partial charge is 0.384 e. The van der Waals surface area contributed by atoms with E-state index in [2.05, 4.69) is 17.2 Å². The summed E-state index contributed by atoms with van der Waals surface area (Å²) in [6.45, 7) is 0.531.